The standard InChI is InChI=1S/C13H19ClN2O3/c1-4-19-13(2,3)9-15-8-10-7-11(16(17)18)5-6-12(10)14/h5-7,15H,4,8-9H2,1-3H3. The lowest BCUT2D eigenvalue weighted by Gasteiger charge is -2.25. The number of nitro benzene ring substituents is 1. The summed E-state index contributed by atoms with van der Waals surface area (Å²) in [6, 6.07) is 4.43. The Labute approximate surface area is 118 Å². The minimum absolute atomic E-state index is 0.0465. The van der Waals surface area contributed by atoms with Crippen LogP contribution in [0.3, 0.4) is 0 Å². The maximum absolute atomic E-state index is 10.7. The Balaban J connectivity index is 2.62. The predicted octanol–water partition coefficient (Wildman–Crippen LogP) is 3.15. The number of nitrogens with zero attached hydrogens (tertiary/aromatic N) is 1. The lowest BCUT2D eigenvalue weighted by molar-refractivity contribution is -0.384. The molecule has 0 radical (unpaired) electrons. The first-order valence-electron chi connectivity index (χ1n) is 6.13. The molecule has 0 bridgehead atoms. The predicted molar refractivity (Wildman–Crippen MR) is 75.5 cm³/mol. The van der Waals surface area contributed by atoms with Crippen LogP contribution in [0.2, 0.25) is 5.02 Å². The van der Waals surface area contributed by atoms with Gasteiger partial charge in [0.25, 0.3) is 5.69 Å². The van der Waals surface area contributed by atoms with Gasteiger partial charge in [-0.1, -0.05) is 11.6 Å². The molecule has 0 heterocycles. The molecule has 1 rings (SSSR count). The van der Waals surface area contributed by atoms with Gasteiger partial charge in [-0.2, -0.15) is 0 Å². The minimum atomic E-state index is -0.427. The zero-order valence-electron chi connectivity index (χ0n) is 11.4. The van der Waals surface area contributed by atoms with Crippen molar-refractivity contribution in [2.24, 2.45) is 0 Å². The van der Waals surface area contributed by atoms with Gasteiger partial charge in [0.15, 0.2) is 0 Å². The van der Waals surface area contributed by atoms with Gasteiger partial charge in [0.05, 0.1) is 10.5 Å². The molecule has 0 aromatic heterocycles. The van der Waals surface area contributed by atoms with Crippen LogP contribution >= 0.6 is 11.6 Å². The summed E-state index contributed by atoms with van der Waals surface area (Å²) in [6.45, 7) is 7.67. The molecule has 1 N–H and O–H groups in total. The molecule has 1 aromatic carbocycles. The summed E-state index contributed by atoms with van der Waals surface area (Å²) < 4.78 is 5.56. The van der Waals surface area contributed by atoms with Crippen LogP contribution in [0.1, 0.15) is 26.3 Å². The van der Waals surface area contributed by atoms with E-state index in [4.69, 9.17) is 16.3 Å². The van der Waals surface area contributed by atoms with E-state index < -0.39 is 4.92 Å². The van der Waals surface area contributed by atoms with Gasteiger partial charge in [0, 0.05) is 36.9 Å². The van der Waals surface area contributed by atoms with E-state index in [2.05, 4.69) is 5.32 Å². The molecule has 106 valence electrons. The maximum Gasteiger partial charge on any atom is 0.269 e. The van der Waals surface area contributed by atoms with Gasteiger partial charge in [0.1, 0.15) is 0 Å². The van der Waals surface area contributed by atoms with E-state index in [1.807, 2.05) is 20.8 Å². The number of nitro groups is 1. The molecule has 19 heavy (non-hydrogen) atoms. The van der Waals surface area contributed by atoms with Gasteiger partial charge < -0.3 is 10.1 Å². The molecule has 0 fully saturated rings. The Morgan fingerprint density at radius 2 is 2.16 bits per heavy atom. The van der Waals surface area contributed by atoms with Gasteiger partial charge in [0.2, 0.25) is 0 Å². The summed E-state index contributed by atoms with van der Waals surface area (Å²) in [5, 5.41) is 14.4. The molecule has 0 saturated carbocycles. The number of ether oxygens (including phenoxy) is 1. The van der Waals surface area contributed by atoms with Crippen LogP contribution in [0.25, 0.3) is 0 Å². The molecule has 0 aliphatic heterocycles. The summed E-state index contributed by atoms with van der Waals surface area (Å²) in [6.07, 6.45) is 0. The SMILES string of the molecule is CCOC(C)(C)CNCc1cc([N+](=O)[O-])ccc1Cl. The normalized spacial score (nSPS) is 11.6. The van der Waals surface area contributed by atoms with Gasteiger partial charge in [-0.15, -0.1) is 0 Å². The quantitative estimate of drug-likeness (QED) is 0.618. The highest BCUT2D eigenvalue weighted by Gasteiger charge is 2.17. The molecule has 0 saturated heterocycles. The van der Waals surface area contributed by atoms with Crippen LogP contribution < -0.4 is 5.32 Å². The van der Waals surface area contributed by atoms with E-state index in [9.17, 15) is 10.1 Å². The van der Waals surface area contributed by atoms with E-state index in [0.29, 0.717) is 30.3 Å². The van der Waals surface area contributed by atoms with Crippen molar-refractivity contribution < 1.29 is 9.66 Å². The number of nitrogens with one attached hydrogen (secondary N) is 1. The zero-order valence-corrected chi connectivity index (χ0v) is 12.2. The molecule has 0 atom stereocenters. The summed E-state index contributed by atoms with van der Waals surface area (Å²) in [4.78, 5) is 10.3. The monoisotopic (exact) mass is 286 g/mol. The van der Waals surface area contributed by atoms with Crippen molar-refractivity contribution in [3.63, 3.8) is 0 Å². The number of rotatable bonds is 7. The van der Waals surface area contributed by atoms with Gasteiger partial charge >= 0.3 is 0 Å². The fraction of sp³-hybridized carbons (Fsp3) is 0.538. The largest absolute Gasteiger partial charge is 0.375 e. The lowest BCUT2D eigenvalue weighted by Crippen LogP contribution is -2.37. The molecule has 5 nitrogen and oxygen atoms in total. The highest BCUT2D eigenvalue weighted by Crippen LogP contribution is 2.22. The van der Waals surface area contributed by atoms with Crippen LogP contribution in [0.4, 0.5) is 5.69 Å². The summed E-state index contributed by atoms with van der Waals surface area (Å²) in [7, 11) is 0. The fourth-order valence-electron chi connectivity index (χ4n) is 1.75. The first-order chi connectivity index (χ1) is 8.85. The van der Waals surface area contributed by atoms with Crippen molar-refractivity contribution in [1.82, 2.24) is 5.32 Å². The minimum Gasteiger partial charge on any atom is -0.375 e. The van der Waals surface area contributed by atoms with Gasteiger partial charge in [-0.05, 0) is 32.4 Å². The third kappa shape index (κ3) is 5.14. The molecule has 0 aliphatic rings. The molecule has 1 aromatic rings. The number of benzene rings is 1. The Morgan fingerprint density at radius 1 is 1.47 bits per heavy atom. The molecule has 0 spiro atoms. The van der Waals surface area contributed by atoms with E-state index >= 15 is 0 Å². The first kappa shape index (κ1) is 15.9. The van der Waals surface area contributed by atoms with Crippen LogP contribution in [-0.2, 0) is 11.3 Å². The summed E-state index contributed by atoms with van der Waals surface area (Å²) >= 11 is 6.02. The van der Waals surface area contributed by atoms with E-state index in [0.717, 1.165) is 0 Å². The molecular weight excluding hydrogens is 268 g/mol. The first-order valence-corrected chi connectivity index (χ1v) is 6.51. The highest BCUT2D eigenvalue weighted by atomic mass is 35.5. The number of hydrogen-bond donors (Lipinski definition) is 1. The van der Waals surface area contributed by atoms with Crippen molar-refractivity contribution >= 4 is 17.3 Å². The lowest BCUT2D eigenvalue weighted by atomic mass is 10.1. The second-order valence-corrected chi connectivity index (χ2v) is 5.24. The highest BCUT2D eigenvalue weighted by molar-refractivity contribution is 6.31. The molecule has 0 unspecified atom stereocenters. The number of halogens is 1. The second-order valence-electron chi connectivity index (χ2n) is 4.83. The van der Waals surface area contributed by atoms with Crippen LogP contribution in [0, 0.1) is 10.1 Å². The smallest absolute Gasteiger partial charge is 0.269 e. The second kappa shape index (κ2) is 6.84. The maximum atomic E-state index is 10.7. The van der Waals surface area contributed by atoms with Gasteiger partial charge in [-0.3, -0.25) is 10.1 Å². The number of hydrogen-bond acceptors (Lipinski definition) is 4. The van der Waals surface area contributed by atoms with Crippen LogP contribution in [0.5, 0.6) is 0 Å². The zero-order chi connectivity index (χ0) is 14.5. The molecule has 0 amide bonds. The third-order valence-electron chi connectivity index (χ3n) is 2.64. The number of non-ortho nitro benzene ring substituents is 1. The Kier molecular flexibility index (Phi) is 5.72. The van der Waals surface area contributed by atoms with Crippen molar-refractivity contribution in [2.75, 3.05) is 13.2 Å². The molecule has 6 heteroatoms. The van der Waals surface area contributed by atoms with Crippen molar-refractivity contribution in [1.29, 1.82) is 0 Å². The summed E-state index contributed by atoms with van der Waals surface area (Å²) in [5.74, 6) is 0. The molecular formula is C13H19ClN2O3. The van der Waals surface area contributed by atoms with E-state index in [1.165, 1.54) is 12.1 Å². The Hall–Kier alpha value is -1.17. The van der Waals surface area contributed by atoms with E-state index in [1.54, 1.807) is 6.07 Å². The van der Waals surface area contributed by atoms with Crippen LogP contribution in [0.15, 0.2) is 18.2 Å². The van der Waals surface area contributed by atoms with Gasteiger partial charge in [-0.25, -0.2) is 0 Å². The van der Waals surface area contributed by atoms with E-state index in [-0.39, 0.29) is 11.3 Å². The van der Waals surface area contributed by atoms with Crippen molar-refractivity contribution in [3.05, 3.63) is 38.9 Å². The summed E-state index contributed by atoms with van der Waals surface area (Å²) in [5.41, 5.74) is 0.482. The Morgan fingerprint density at radius 3 is 2.74 bits per heavy atom. The average molecular weight is 287 g/mol. The third-order valence-corrected chi connectivity index (χ3v) is 3.01. The van der Waals surface area contributed by atoms with Crippen molar-refractivity contribution in [3.8, 4) is 0 Å². The van der Waals surface area contributed by atoms with Crippen LogP contribution in [-0.4, -0.2) is 23.7 Å². The van der Waals surface area contributed by atoms with Crippen molar-refractivity contribution in [2.45, 2.75) is 32.9 Å². The topological polar surface area (TPSA) is 64.4 Å². The average Bonchev–Trinajstić information content (AvgIpc) is 2.30. The fourth-order valence-corrected chi connectivity index (χ4v) is 1.93. The molecule has 0 aliphatic carbocycles. The Bertz CT molecular complexity index is 450.